The van der Waals surface area contributed by atoms with Crippen molar-refractivity contribution in [3.8, 4) is 5.75 Å². The van der Waals surface area contributed by atoms with Crippen LogP contribution in [0.4, 0.5) is 5.69 Å². The molecule has 1 heterocycles. The Balaban J connectivity index is 2.11. The van der Waals surface area contributed by atoms with Crippen molar-refractivity contribution in [2.75, 3.05) is 6.61 Å². The number of nitrogens with zero attached hydrogens (tertiary/aromatic N) is 2. The Morgan fingerprint density at radius 2 is 2.09 bits per heavy atom. The number of carbonyl (C=O) groups is 1. The average Bonchev–Trinajstić information content (AvgIpc) is 2.85. The summed E-state index contributed by atoms with van der Waals surface area (Å²) in [6, 6.07) is 6.76. The summed E-state index contributed by atoms with van der Waals surface area (Å²) in [6.07, 6.45) is 3.11. The van der Waals surface area contributed by atoms with Gasteiger partial charge in [-0.25, -0.2) is 0 Å². The molecule has 0 fully saturated rings. The summed E-state index contributed by atoms with van der Waals surface area (Å²) in [5.74, 6) is 0.0194. The smallest absolute Gasteiger partial charge is 0.338 e. The number of hydrogen-bond acceptors (Lipinski definition) is 6. The lowest BCUT2D eigenvalue weighted by Crippen LogP contribution is -2.19. The number of primary amides is 1. The Morgan fingerprint density at radius 1 is 1.41 bits per heavy atom. The number of carbonyl (C=O) groups excluding carboxylic acids is 1. The molecule has 1 amide bonds. The van der Waals surface area contributed by atoms with E-state index in [1.807, 2.05) is 0 Å². The first kappa shape index (κ1) is 15.2. The molecule has 0 bridgehead atoms. The predicted molar refractivity (Wildman–Crippen MR) is 78.0 cm³/mol. The van der Waals surface area contributed by atoms with Gasteiger partial charge in [-0.2, -0.15) is 0 Å². The molecule has 0 aliphatic heterocycles. The van der Waals surface area contributed by atoms with Crippen LogP contribution in [0.5, 0.6) is 5.75 Å². The van der Waals surface area contributed by atoms with Crippen LogP contribution in [-0.2, 0) is 4.79 Å². The van der Waals surface area contributed by atoms with Gasteiger partial charge in [0.1, 0.15) is 5.75 Å². The van der Waals surface area contributed by atoms with Crippen molar-refractivity contribution < 1.29 is 19.0 Å². The molecule has 2 rings (SSSR count). The minimum atomic E-state index is -0.558. The number of aromatic nitrogens is 1. The van der Waals surface area contributed by atoms with Crippen molar-refractivity contribution >= 4 is 23.7 Å². The first-order valence-corrected chi connectivity index (χ1v) is 6.27. The quantitative estimate of drug-likeness (QED) is 0.642. The van der Waals surface area contributed by atoms with Gasteiger partial charge in [0.15, 0.2) is 12.3 Å². The first-order chi connectivity index (χ1) is 10.5. The van der Waals surface area contributed by atoms with Crippen LogP contribution >= 0.6 is 0 Å². The number of benzene rings is 1. The SMILES string of the molecule is Cc1noc(/C=C/c2ccc(OCC(N)=O)cc2)c1[N+](=O)[O-]. The summed E-state index contributed by atoms with van der Waals surface area (Å²) < 4.78 is 10.0. The standard InChI is InChI=1S/C14H13N3O5/c1-9-14(17(19)20)12(22-16-9)7-4-10-2-5-11(6-3-10)21-8-13(15)18/h2-7H,8H2,1H3,(H2,15,18)/b7-4+. The number of nitro groups is 1. The minimum Gasteiger partial charge on any atom is -0.484 e. The van der Waals surface area contributed by atoms with Crippen molar-refractivity contribution in [1.29, 1.82) is 0 Å². The van der Waals surface area contributed by atoms with Gasteiger partial charge in [0.25, 0.3) is 5.91 Å². The van der Waals surface area contributed by atoms with Crippen LogP contribution in [-0.4, -0.2) is 22.6 Å². The molecule has 0 spiro atoms. The molecular weight excluding hydrogens is 290 g/mol. The maximum atomic E-state index is 10.9. The van der Waals surface area contributed by atoms with Crippen molar-refractivity contribution in [3.05, 3.63) is 51.4 Å². The number of hydrogen-bond donors (Lipinski definition) is 1. The Labute approximate surface area is 125 Å². The molecule has 8 nitrogen and oxygen atoms in total. The number of aryl methyl sites for hydroxylation is 1. The fourth-order valence-electron chi connectivity index (χ4n) is 1.72. The summed E-state index contributed by atoms with van der Waals surface area (Å²) in [5.41, 5.74) is 5.82. The lowest BCUT2D eigenvalue weighted by Gasteiger charge is -2.03. The van der Waals surface area contributed by atoms with Crippen molar-refractivity contribution in [2.24, 2.45) is 5.73 Å². The van der Waals surface area contributed by atoms with Gasteiger partial charge < -0.3 is 15.0 Å². The molecule has 0 saturated heterocycles. The normalized spacial score (nSPS) is 10.8. The average molecular weight is 303 g/mol. The van der Waals surface area contributed by atoms with Gasteiger partial charge in [-0.15, -0.1) is 0 Å². The largest absolute Gasteiger partial charge is 0.484 e. The summed E-state index contributed by atoms with van der Waals surface area (Å²) >= 11 is 0. The van der Waals surface area contributed by atoms with E-state index in [1.54, 1.807) is 30.3 Å². The zero-order valence-electron chi connectivity index (χ0n) is 11.7. The lowest BCUT2D eigenvalue weighted by atomic mass is 10.2. The number of nitrogens with two attached hydrogens (primary N) is 1. The van der Waals surface area contributed by atoms with Gasteiger partial charge in [-0.05, 0) is 30.7 Å². The second-order valence-electron chi connectivity index (χ2n) is 4.40. The van der Waals surface area contributed by atoms with E-state index in [9.17, 15) is 14.9 Å². The van der Waals surface area contributed by atoms with Gasteiger partial charge in [0.2, 0.25) is 5.76 Å². The Morgan fingerprint density at radius 3 is 2.68 bits per heavy atom. The van der Waals surface area contributed by atoms with Crippen LogP contribution in [0.3, 0.4) is 0 Å². The minimum absolute atomic E-state index is 0.0801. The number of ether oxygens (including phenoxy) is 1. The molecular formula is C14H13N3O5. The van der Waals surface area contributed by atoms with Crippen molar-refractivity contribution in [1.82, 2.24) is 5.16 Å². The highest BCUT2D eigenvalue weighted by Gasteiger charge is 2.21. The zero-order chi connectivity index (χ0) is 16.1. The van der Waals surface area contributed by atoms with Crippen LogP contribution in [0.25, 0.3) is 12.2 Å². The summed E-state index contributed by atoms with van der Waals surface area (Å²) in [7, 11) is 0. The van der Waals surface area contributed by atoms with E-state index in [4.69, 9.17) is 15.0 Å². The Hall–Kier alpha value is -3.16. The van der Waals surface area contributed by atoms with E-state index in [0.717, 1.165) is 5.56 Å². The van der Waals surface area contributed by atoms with E-state index in [1.165, 1.54) is 13.0 Å². The number of rotatable bonds is 6. The third-order valence-electron chi connectivity index (χ3n) is 2.73. The molecule has 0 aliphatic rings. The molecule has 0 radical (unpaired) electrons. The van der Waals surface area contributed by atoms with Gasteiger partial charge in [0, 0.05) is 0 Å². The van der Waals surface area contributed by atoms with E-state index in [0.29, 0.717) is 5.75 Å². The predicted octanol–water partition coefficient (Wildman–Crippen LogP) is 1.93. The second kappa shape index (κ2) is 6.53. The van der Waals surface area contributed by atoms with Crippen LogP contribution in [0, 0.1) is 17.0 Å². The lowest BCUT2D eigenvalue weighted by molar-refractivity contribution is -0.386. The summed E-state index contributed by atoms with van der Waals surface area (Å²) in [5, 5.41) is 14.5. The maximum absolute atomic E-state index is 10.9. The van der Waals surface area contributed by atoms with Crippen molar-refractivity contribution in [3.63, 3.8) is 0 Å². The fourth-order valence-corrected chi connectivity index (χ4v) is 1.72. The fraction of sp³-hybridized carbons (Fsp3) is 0.143. The highest BCUT2D eigenvalue weighted by molar-refractivity contribution is 5.75. The molecule has 8 heteroatoms. The monoisotopic (exact) mass is 303 g/mol. The van der Waals surface area contributed by atoms with E-state index in [-0.39, 0.29) is 23.7 Å². The second-order valence-corrected chi connectivity index (χ2v) is 4.40. The third-order valence-corrected chi connectivity index (χ3v) is 2.73. The molecule has 2 aromatic rings. The van der Waals surface area contributed by atoms with Crippen LogP contribution in [0.1, 0.15) is 17.0 Å². The molecule has 0 aliphatic carbocycles. The Kier molecular flexibility index (Phi) is 4.52. The summed E-state index contributed by atoms with van der Waals surface area (Å²) in [4.78, 5) is 21.0. The van der Waals surface area contributed by atoms with E-state index in [2.05, 4.69) is 5.16 Å². The van der Waals surface area contributed by atoms with Gasteiger partial charge in [0.05, 0.1) is 4.92 Å². The van der Waals surface area contributed by atoms with E-state index >= 15 is 0 Å². The highest BCUT2D eigenvalue weighted by atomic mass is 16.6. The molecule has 0 atom stereocenters. The maximum Gasteiger partial charge on any atom is 0.338 e. The zero-order valence-corrected chi connectivity index (χ0v) is 11.7. The third kappa shape index (κ3) is 3.69. The first-order valence-electron chi connectivity index (χ1n) is 6.27. The molecule has 1 aromatic heterocycles. The molecule has 0 saturated carbocycles. The highest BCUT2D eigenvalue weighted by Crippen LogP contribution is 2.24. The topological polar surface area (TPSA) is 121 Å². The van der Waals surface area contributed by atoms with Crippen LogP contribution in [0.2, 0.25) is 0 Å². The van der Waals surface area contributed by atoms with Crippen LogP contribution < -0.4 is 10.5 Å². The van der Waals surface area contributed by atoms with E-state index < -0.39 is 10.8 Å². The molecule has 2 N–H and O–H groups in total. The molecule has 114 valence electrons. The molecule has 1 aromatic carbocycles. The molecule has 0 unspecified atom stereocenters. The van der Waals surface area contributed by atoms with Gasteiger partial charge >= 0.3 is 5.69 Å². The van der Waals surface area contributed by atoms with Gasteiger partial charge in [-0.3, -0.25) is 14.9 Å². The van der Waals surface area contributed by atoms with Crippen molar-refractivity contribution in [2.45, 2.75) is 6.92 Å². The van der Waals surface area contributed by atoms with Crippen LogP contribution in [0.15, 0.2) is 28.8 Å². The summed E-state index contributed by atoms with van der Waals surface area (Å²) in [6.45, 7) is 1.31. The molecule has 22 heavy (non-hydrogen) atoms. The Bertz CT molecular complexity index is 719. The van der Waals surface area contributed by atoms with Gasteiger partial charge in [-0.1, -0.05) is 23.4 Å². The number of amides is 1.